The highest BCUT2D eigenvalue weighted by atomic mass is 16.6. The average Bonchev–Trinajstić information content (AvgIpc) is 2.03. The van der Waals surface area contributed by atoms with Gasteiger partial charge in [0, 0.05) is 0 Å². The first-order chi connectivity index (χ1) is 6.57. The summed E-state index contributed by atoms with van der Waals surface area (Å²) in [6.45, 7) is 5.88. The Hall–Kier alpha value is -0.120. The molecular formula is C11H20O3. The van der Waals surface area contributed by atoms with Crippen molar-refractivity contribution in [2.45, 2.75) is 51.4 Å². The summed E-state index contributed by atoms with van der Waals surface area (Å²) in [5.74, 6) is 0. The Labute approximate surface area is 85.4 Å². The van der Waals surface area contributed by atoms with Gasteiger partial charge in [-0.05, 0) is 24.7 Å². The Morgan fingerprint density at radius 2 is 2.07 bits per heavy atom. The van der Waals surface area contributed by atoms with Crippen molar-refractivity contribution < 1.29 is 14.6 Å². The van der Waals surface area contributed by atoms with Crippen molar-refractivity contribution in [3.05, 3.63) is 0 Å². The third kappa shape index (κ3) is 2.27. The summed E-state index contributed by atoms with van der Waals surface area (Å²) in [6, 6.07) is 0. The zero-order valence-electron chi connectivity index (χ0n) is 9.03. The first-order valence-electron chi connectivity index (χ1n) is 5.48. The molecule has 1 heterocycles. The van der Waals surface area contributed by atoms with Crippen LogP contribution in [0.15, 0.2) is 0 Å². The highest BCUT2D eigenvalue weighted by Crippen LogP contribution is 2.37. The van der Waals surface area contributed by atoms with E-state index in [-0.39, 0.29) is 18.3 Å². The lowest BCUT2D eigenvalue weighted by Crippen LogP contribution is -2.46. The van der Waals surface area contributed by atoms with Crippen LogP contribution in [0, 0.1) is 5.41 Å². The van der Waals surface area contributed by atoms with Gasteiger partial charge in [-0.2, -0.15) is 0 Å². The number of hydrogen-bond acceptors (Lipinski definition) is 3. The van der Waals surface area contributed by atoms with Crippen LogP contribution in [-0.4, -0.2) is 36.6 Å². The van der Waals surface area contributed by atoms with Gasteiger partial charge in [0.2, 0.25) is 0 Å². The molecule has 0 amide bonds. The molecule has 1 aliphatic heterocycles. The Bertz CT molecular complexity index is 199. The molecule has 0 radical (unpaired) electrons. The number of hydrogen-bond donors (Lipinski definition) is 1. The molecule has 1 saturated carbocycles. The molecule has 0 spiro atoms. The molecule has 82 valence electrons. The second-order valence-corrected chi connectivity index (χ2v) is 5.31. The molecule has 1 aliphatic carbocycles. The summed E-state index contributed by atoms with van der Waals surface area (Å²) in [5, 5.41) is 9.80. The number of rotatable bonds is 2. The van der Waals surface area contributed by atoms with Gasteiger partial charge in [-0.15, -0.1) is 0 Å². The maximum Gasteiger partial charge on any atom is 0.105 e. The summed E-state index contributed by atoms with van der Waals surface area (Å²) < 4.78 is 10.9. The lowest BCUT2D eigenvalue weighted by atomic mass is 9.75. The van der Waals surface area contributed by atoms with Gasteiger partial charge < -0.3 is 14.6 Å². The molecule has 0 aromatic heterocycles. The van der Waals surface area contributed by atoms with Gasteiger partial charge >= 0.3 is 0 Å². The van der Waals surface area contributed by atoms with Gasteiger partial charge in [-0.3, -0.25) is 0 Å². The van der Waals surface area contributed by atoms with E-state index in [1.165, 1.54) is 0 Å². The van der Waals surface area contributed by atoms with Crippen molar-refractivity contribution in [3.8, 4) is 0 Å². The quantitative estimate of drug-likeness (QED) is 0.731. The van der Waals surface area contributed by atoms with E-state index in [0.29, 0.717) is 18.6 Å². The Morgan fingerprint density at radius 3 is 2.64 bits per heavy atom. The predicted octanol–water partition coefficient (Wildman–Crippen LogP) is 1.34. The number of aliphatic hydroxyl groups is 1. The van der Waals surface area contributed by atoms with Crippen LogP contribution in [0.3, 0.4) is 0 Å². The smallest absolute Gasteiger partial charge is 0.105 e. The summed E-state index contributed by atoms with van der Waals surface area (Å²) >= 11 is 0. The van der Waals surface area contributed by atoms with Crippen molar-refractivity contribution in [1.82, 2.24) is 0 Å². The zero-order chi connectivity index (χ0) is 10.2. The van der Waals surface area contributed by atoms with E-state index < -0.39 is 0 Å². The van der Waals surface area contributed by atoms with Crippen LogP contribution in [0.2, 0.25) is 0 Å². The van der Waals surface area contributed by atoms with E-state index >= 15 is 0 Å². The molecule has 1 N–H and O–H groups in total. The molecule has 0 bridgehead atoms. The van der Waals surface area contributed by atoms with Crippen LogP contribution in [0.1, 0.15) is 33.1 Å². The van der Waals surface area contributed by atoms with Crippen LogP contribution in [0.5, 0.6) is 0 Å². The Balaban J connectivity index is 1.87. The fourth-order valence-electron chi connectivity index (χ4n) is 2.19. The summed E-state index contributed by atoms with van der Waals surface area (Å²) in [6.07, 6.45) is 2.89. The van der Waals surface area contributed by atoms with E-state index in [1.54, 1.807) is 0 Å². The molecule has 1 saturated heterocycles. The Kier molecular flexibility index (Phi) is 2.82. The highest BCUT2D eigenvalue weighted by Gasteiger charge is 2.36. The van der Waals surface area contributed by atoms with Crippen LogP contribution in [0.4, 0.5) is 0 Å². The molecule has 2 aliphatic rings. The first kappa shape index (κ1) is 10.4. The third-order valence-corrected chi connectivity index (χ3v) is 3.27. The molecule has 2 fully saturated rings. The van der Waals surface area contributed by atoms with Crippen molar-refractivity contribution in [2.24, 2.45) is 5.41 Å². The minimum absolute atomic E-state index is 0.0210. The second-order valence-electron chi connectivity index (χ2n) is 5.31. The number of ether oxygens (including phenoxy) is 2. The zero-order valence-corrected chi connectivity index (χ0v) is 9.03. The molecule has 3 nitrogen and oxygen atoms in total. The predicted molar refractivity (Wildman–Crippen MR) is 53.1 cm³/mol. The fraction of sp³-hybridized carbons (Fsp3) is 1.00. The molecule has 14 heavy (non-hydrogen) atoms. The lowest BCUT2D eigenvalue weighted by Gasteiger charge is -2.41. The van der Waals surface area contributed by atoms with Gasteiger partial charge in [0.05, 0.1) is 25.4 Å². The second kappa shape index (κ2) is 3.80. The van der Waals surface area contributed by atoms with Crippen molar-refractivity contribution in [2.75, 3.05) is 13.2 Å². The summed E-state index contributed by atoms with van der Waals surface area (Å²) in [4.78, 5) is 0. The van der Waals surface area contributed by atoms with E-state index in [1.807, 2.05) is 0 Å². The van der Waals surface area contributed by atoms with Crippen molar-refractivity contribution in [3.63, 3.8) is 0 Å². The molecule has 0 aromatic rings. The van der Waals surface area contributed by atoms with Crippen LogP contribution in [0.25, 0.3) is 0 Å². The molecule has 2 rings (SSSR count). The van der Waals surface area contributed by atoms with Crippen LogP contribution >= 0.6 is 0 Å². The van der Waals surface area contributed by atoms with E-state index in [2.05, 4.69) is 13.8 Å². The topological polar surface area (TPSA) is 38.7 Å². The van der Waals surface area contributed by atoms with Gasteiger partial charge in [0.15, 0.2) is 0 Å². The fourth-order valence-corrected chi connectivity index (χ4v) is 2.19. The Morgan fingerprint density at radius 1 is 1.36 bits per heavy atom. The maximum atomic E-state index is 9.80. The third-order valence-electron chi connectivity index (χ3n) is 3.27. The van der Waals surface area contributed by atoms with Gasteiger partial charge in [0.1, 0.15) is 6.10 Å². The maximum absolute atomic E-state index is 9.80. The summed E-state index contributed by atoms with van der Waals surface area (Å²) in [5.41, 5.74) is 0.314. The molecule has 3 heteroatoms. The molecule has 0 aromatic carbocycles. The van der Waals surface area contributed by atoms with E-state index in [0.717, 1.165) is 19.3 Å². The van der Waals surface area contributed by atoms with Gasteiger partial charge in [-0.1, -0.05) is 13.8 Å². The first-order valence-corrected chi connectivity index (χ1v) is 5.48. The van der Waals surface area contributed by atoms with E-state index in [4.69, 9.17) is 9.47 Å². The summed E-state index contributed by atoms with van der Waals surface area (Å²) in [7, 11) is 0. The molecule has 2 unspecified atom stereocenters. The van der Waals surface area contributed by atoms with Gasteiger partial charge in [-0.25, -0.2) is 0 Å². The average molecular weight is 200 g/mol. The van der Waals surface area contributed by atoms with E-state index in [9.17, 15) is 5.11 Å². The van der Waals surface area contributed by atoms with Crippen LogP contribution < -0.4 is 0 Å². The van der Waals surface area contributed by atoms with Crippen LogP contribution in [-0.2, 0) is 9.47 Å². The molecular weight excluding hydrogens is 180 g/mol. The van der Waals surface area contributed by atoms with Crippen molar-refractivity contribution in [1.29, 1.82) is 0 Å². The minimum atomic E-state index is -0.274. The molecule has 2 atom stereocenters. The monoisotopic (exact) mass is 200 g/mol. The standard InChI is InChI=1S/C11H20O3/c1-11(2)4-3-9(12)10(5-11)14-8-6-13-7-8/h8-10,12H,3-7H2,1-2H3. The van der Waals surface area contributed by atoms with Gasteiger partial charge in [0.25, 0.3) is 0 Å². The minimum Gasteiger partial charge on any atom is -0.390 e. The van der Waals surface area contributed by atoms with Crippen molar-refractivity contribution >= 4 is 0 Å². The SMILES string of the molecule is CC1(C)CCC(O)C(OC2COC2)C1. The largest absolute Gasteiger partial charge is 0.390 e. The lowest BCUT2D eigenvalue weighted by molar-refractivity contribution is -0.191. The highest BCUT2D eigenvalue weighted by molar-refractivity contribution is 4.86. The number of aliphatic hydroxyl groups excluding tert-OH is 1. The normalized spacial score (nSPS) is 37.9.